The molecule has 1 unspecified atom stereocenters. The van der Waals surface area contributed by atoms with Crippen LogP contribution in [0.2, 0.25) is 5.02 Å². The summed E-state index contributed by atoms with van der Waals surface area (Å²) in [6, 6.07) is 13.7. The third-order valence-corrected chi connectivity index (χ3v) is 4.22. The van der Waals surface area contributed by atoms with Gasteiger partial charge in [-0.25, -0.2) is 0 Å². The molecule has 2 N–H and O–H groups in total. The van der Waals surface area contributed by atoms with Crippen LogP contribution < -0.4 is 15.4 Å². The van der Waals surface area contributed by atoms with Crippen molar-refractivity contribution in [3.63, 3.8) is 0 Å². The van der Waals surface area contributed by atoms with E-state index in [9.17, 15) is 9.59 Å². The maximum absolute atomic E-state index is 12.6. The molecule has 0 aliphatic carbocycles. The fraction of sp³-hybridized carbons (Fsp3) is 0.300. The largest absolute Gasteiger partial charge is 0.497 e. The van der Waals surface area contributed by atoms with Gasteiger partial charge in [-0.2, -0.15) is 0 Å². The van der Waals surface area contributed by atoms with E-state index in [0.29, 0.717) is 16.5 Å². The average molecular weight is 375 g/mol. The number of ether oxygens (including phenoxy) is 1. The van der Waals surface area contributed by atoms with Crippen LogP contribution in [0.5, 0.6) is 5.75 Å². The molecule has 2 amide bonds. The quantitative estimate of drug-likeness (QED) is 0.777. The van der Waals surface area contributed by atoms with Gasteiger partial charge in [0.1, 0.15) is 11.8 Å². The van der Waals surface area contributed by atoms with E-state index in [2.05, 4.69) is 10.6 Å². The highest BCUT2D eigenvalue weighted by Crippen LogP contribution is 2.27. The highest BCUT2D eigenvalue weighted by Gasteiger charge is 2.24. The van der Waals surface area contributed by atoms with E-state index in [1.807, 2.05) is 44.2 Å². The van der Waals surface area contributed by atoms with Crippen LogP contribution in [0.15, 0.2) is 48.5 Å². The van der Waals surface area contributed by atoms with Crippen LogP contribution in [0.3, 0.4) is 0 Å². The molecule has 0 aliphatic heterocycles. The SMILES string of the molecule is COc1ccc(NC(=O)C(NC(=O)Cc2ccccc2)C(C)C)c(Cl)c1. The Bertz CT molecular complexity index is 763. The summed E-state index contributed by atoms with van der Waals surface area (Å²) in [5.74, 6) is 0.00989. The molecule has 0 heterocycles. The van der Waals surface area contributed by atoms with Gasteiger partial charge in [-0.1, -0.05) is 55.8 Å². The van der Waals surface area contributed by atoms with Crippen molar-refractivity contribution in [3.05, 3.63) is 59.1 Å². The van der Waals surface area contributed by atoms with Gasteiger partial charge in [0.2, 0.25) is 11.8 Å². The molecule has 5 nitrogen and oxygen atoms in total. The molecule has 2 rings (SSSR count). The number of carbonyl (C=O) groups excluding carboxylic acids is 2. The molecule has 0 radical (unpaired) electrons. The van der Waals surface area contributed by atoms with Crippen LogP contribution in [0.4, 0.5) is 5.69 Å². The molecule has 0 bridgehead atoms. The average Bonchev–Trinajstić information content (AvgIpc) is 2.61. The van der Waals surface area contributed by atoms with Crippen molar-refractivity contribution in [1.29, 1.82) is 0 Å². The highest BCUT2D eigenvalue weighted by molar-refractivity contribution is 6.33. The van der Waals surface area contributed by atoms with Crippen LogP contribution in [-0.4, -0.2) is 25.0 Å². The molecule has 138 valence electrons. The summed E-state index contributed by atoms with van der Waals surface area (Å²) in [6.45, 7) is 3.76. The fourth-order valence-corrected chi connectivity index (χ4v) is 2.69. The summed E-state index contributed by atoms with van der Waals surface area (Å²) >= 11 is 6.17. The number of anilines is 1. The summed E-state index contributed by atoms with van der Waals surface area (Å²) in [7, 11) is 1.54. The first-order valence-corrected chi connectivity index (χ1v) is 8.76. The van der Waals surface area contributed by atoms with E-state index in [1.54, 1.807) is 25.3 Å². The van der Waals surface area contributed by atoms with E-state index in [1.165, 1.54) is 0 Å². The van der Waals surface area contributed by atoms with Gasteiger partial charge in [0.15, 0.2) is 0 Å². The number of halogens is 1. The maximum atomic E-state index is 12.6. The summed E-state index contributed by atoms with van der Waals surface area (Å²) < 4.78 is 5.10. The molecule has 26 heavy (non-hydrogen) atoms. The molecule has 2 aromatic carbocycles. The number of carbonyl (C=O) groups is 2. The smallest absolute Gasteiger partial charge is 0.247 e. The predicted molar refractivity (Wildman–Crippen MR) is 104 cm³/mol. The van der Waals surface area contributed by atoms with Crippen molar-refractivity contribution in [2.24, 2.45) is 5.92 Å². The number of hydrogen-bond acceptors (Lipinski definition) is 3. The predicted octanol–water partition coefficient (Wildman–Crippen LogP) is 3.67. The molecule has 0 aliphatic rings. The van der Waals surface area contributed by atoms with Gasteiger partial charge in [-0.05, 0) is 23.6 Å². The zero-order valence-corrected chi connectivity index (χ0v) is 15.8. The lowest BCUT2D eigenvalue weighted by atomic mass is 10.0. The Morgan fingerprint density at radius 3 is 2.38 bits per heavy atom. The van der Waals surface area contributed by atoms with Gasteiger partial charge in [-0.15, -0.1) is 0 Å². The van der Waals surface area contributed by atoms with E-state index in [-0.39, 0.29) is 24.2 Å². The molecular weight excluding hydrogens is 352 g/mol. The molecule has 1 atom stereocenters. The second-order valence-electron chi connectivity index (χ2n) is 6.29. The first-order valence-electron chi connectivity index (χ1n) is 8.38. The van der Waals surface area contributed by atoms with E-state index in [4.69, 9.17) is 16.3 Å². The third kappa shape index (κ3) is 5.49. The number of amides is 2. The van der Waals surface area contributed by atoms with Crippen molar-refractivity contribution in [2.45, 2.75) is 26.3 Å². The van der Waals surface area contributed by atoms with E-state index < -0.39 is 6.04 Å². The molecule has 0 saturated carbocycles. The summed E-state index contributed by atoms with van der Waals surface area (Å²) in [6.07, 6.45) is 0.223. The maximum Gasteiger partial charge on any atom is 0.247 e. The van der Waals surface area contributed by atoms with E-state index >= 15 is 0 Å². The Hall–Kier alpha value is -2.53. The van der Waals surface area contributed by atoms with Crippen molar-refractivity contribution < 1.29 is 14.3 Å². The van der Waals surface area contributed by atoms with Crippen molar-refractivity contribution in [2.75, 3.05) is 12.4 Å². The summed E-state index contributed by atoms with van der Waals surface area (Å²) in [5, 5.41) is 5.95. The molecule has 0 fully saturated rings. The summed E-state index contributed by atoms with van der Waals surface area (Å²) in [4.78, 5) is 24.9. The van der Waals surface area contributed by atoms with Crippen molar-refractivity contribution in [3.8, 4) is 5.75 Å². The van der Waals surface area contributed by atoms with Gasteiger partial charge in [-0.3, -0.25) is 9.59 Å². The number of rotatable bonds is 7. The summed E-state index contributed by atoms with van der Waals surface area (Å²) in [5.41, 5.74) is 1.37. The number of methoxy groups -OCH3 is 1. The Morgan fingerprint density at radius 1 is 1.12 bits per heavy atom. The Labute approximate surface area is 158 Å². The van der Waals surface area contributed by atoms with Gasteiger partial charge >= 0.3 is 0 Å². The molecule has 2 aromatic rings. The topological polar surface area (TPSA) is 67.4 Å². The fourth-order valence-electron chi connectivity index (χ4n) is 2.48. The monoisotopic (exact) mass is 374 g/mol. The lowest BCUT2D eigenvalue weighted by Crippen LogP contribution is -2.47. The zero-order valence-electron chi connectivity index (χ0n) is 15.1. The Balaban J connectivity index is 2.04. The number of benzene rings is 2. The lowest BCUT2D eigenvalue weighted by Gasteiger charge is -2.22. The van der Waals surface area contributed by atoms with Gasteiger partial charge in [0.25, 0.3) is 0 Å². The van der Waals surface area contributed by atoms with Crippen LogP contribution in [0.25, 0.3) is 0 Å². The third-order valence-electron chi connectivity index (χ3n) is 3.91. The minimum Gasteiger partial charge on any atom is -0.497 e. The number of hydrogen-bond donors (Lipinski definition) is 2. The standard InChI is InChI=1S/C20H23ClN2O3/c1-13(2)19(23-18(24)11-14-7-5-4-6-8-14)20(25)22-17-10-9-15(26-3)12-16(17)21/h4-10,12-13,19H,11H2,1-3H3,(H,22,25)(H,23,24). The van der Waals surface area contributed by atoms with E-state index in [0.717, 1.165) is 5.56 Å². The zero-order chi connectivity index (χ0) is 19.1. The Morgan fingerprint density at radius 2 is 1.81 bits per heavy atom. The lowest BCUT2D eigenvalue weighted by molar-refractivity contribution is -0.127. The molecular formula is C20H23ClN2O3. The van der Waals surface area contributed by atoms with Crippen molar-refractivity contribution in [1.82, 2.24) is 5.32 Å². The van der Waals surface area contributed by atoms with Gasteiger partial charge in [0, 0.05) is 6.07 Å². The van der Waals surface area contributed by atoms with Crippen LogP contribution >= 0.6 is 11.6 Å². The second kappa shape index (κ2) is 9.25. The second-order valence-corrected chi connectivity index (χ2v) is 6.69. The minimum absolute atomic E-state index is 0.0771. The minimum atomic E-state index is -0.663. The number of nitrogens with one attached hydrogen (secondary N) is 2. The molecule has 6 heteroatoms. The first kappa shape index (κ1) is 19.8. The van der Waals surface area contributed by atoms with Crippen LogP contribution in [-0.2, 0) is 16.0 Å². The molecule has 0 aromatic heterocycles. The first-order chi connectivity index (χ1) is 12.4. The van der Waals surface area contributed by atoms with Gasteiger partial charge < -0.3 is 15.4 Å². The highest BCUT2D eigenvalue weighted by atomic mass is 35.5. The van der Waals surface area contributed by atoms with Crippen LogP contribution in [0, 0.1) is 5.92 Å². The molecule has 0 saturated heterocycles. The normalized spacial score (nSPS) is 11.7. The van der Waals surface area contributed by atoms with Crippen molar-refractivity contribution >= 4 is 29.1 Å². The Kier molecular flexibility index (Phi) is 7.04. The molecule has 0 spiro atoms. The van der Waals surface area contributed by atoms with Gasteiger partial charge in [0.05, 0.1) is 24.2 Å². The van der Waals surface area contributed by atoms with Crippen LogP contribution in [0.1, 0.15) is 19.4 Å².